The molecule has 0 aromatic heterocycles. The summed E-state index contributed by atoms with van der Waals surface area (Å²) < 4.78 is 24.4. The molecule has 0 fully saturated rings. The number of nitrogens with one attached hydrogen (secondary N) is 1. The quantitative estimate of drug-likeness (QED) is 0.261. The van der Waals surface area contributed by atoms with Gasteiger partial charge >= 0.3 is 16.3 Å². The van der Waals surface area contributed by atoms with Crippen LogP contribution < -0.4 is 11.2 Å². The van der Waals surface area contributed by atoms with Crippen molar-refractivity contribution in [3.8, 4) is 0 Å². The highest BCUT2D eigenvalue weighted by Gasteiger charge is 2.23. The fraction of sp³-hybridized carbons (Fsp3) is 1.00. The lowest BCUT2D eigenvalue weighted by Crippen LogP contribution is -2.49. The van der Waals surface area contributed by atoms with Crippen molar-refractivity contribution >= 4 is 16.3 Å². The lowest BCUT2D eigenvalue weighted by molar-refractivity contribution is 0.0756. The molecule has 0 saturated heterocycles. The van der Waals surface area contributed by atoms with Crippen LogP contribution in [0.1, 0.15) is 0 Å². The van der Waals surface area contributed by atoms with E-state index in [-0.39, 0.29) is 6.29 Å². The van der Waals surface area contributed by atoms with E-state index in [1.54, 1.807) is 0 Å². The van der Waals surface area contributed by atoms with Gasteiger partial charge in [0.1, 0.15) is 6.29 Å². The maximum atomic E-state index is 10.3. The molecule has 8 nitrogen and oxygen atoms in total. The molecule has 0 aromatic carbocycles. The van der Waals surface area contributed by atoms with E-state index in [1.807, 2.05) is 5.48 Å². The molecule has 76 valence electrons. The second-order valence-corrected chi connectivity index (χ2v) is 3.79. The number of hydroxylamine groups is 1. The molecule has 0 aliphatic heterocycles. The molecule has 0 amide bonds. The van der Waals surface area contributed by atoms with E-state index in [9.17, 15) is 9.13 Å². The molecule has 3 unspecified atom stereocenters. The Morgan fingerprint density at radius 3 is 2.54 bits per heavy atom. The second kappa shape index (κ2) is 6.42. The van der Waals surface area contributed by atoms with E-state index in [4.69, 9.17) is 15.5 Å². The largest absolute Gasteiger partial charge is 0.713 e. The number of nitrogens with zero attached hydrogens (tertiary/aromatic N) is 1. The van der Waals surface area contributed by atoms with E-state index in [0.29, 0.717) is 0 Å². The Kier molecular flexibility index (Phi) is 6.40. The molecular formula is C3H11N3O5P2+2. The molecule has 5 N–H and O–H groups in total. The minimum Gasteiger partial charge on any atom is -0.301 e. The zero-order valence-corrected chi connectivity index (χ0v) is 8.61. The third-order valence-corrected chi connectivity index (χ3v) is 2.02. The lowest BCUT2D eigenvalue weighted by atomic mass is 10.8. The summed E-state index contributed by atoms with van der Waals surface area (Å²) in [6.07, 6.45) is -1.08. The molecule has 0 aromatic rings. The monoisotopic (exact) mass is 231 g/mol. The van der Waals surface area contributed by atoms with Crippen molar-refractivity contribution in [2.24, 2.45) is 5.73 Å². The van der Waals surface area contributed by atoms with Crippen molar-refractivity contribution in [2.75, 3.05) is 13.3 Å². The van der Waals surface area contributed by atoms with Gasteiger partial charge in [-0.3, -0.25) is 0 Å². The molecule has 0 saturated carbocycles. The van der Waals surface area contributed by atoms with Gasteiger partial charge in [-0.25, -0.2) is 4.90 Å². The SMILES string of the molecule is CN(C[P+](=O)O)C(N)NO[P+](=O)O. The van der Waals surface area contributed by atoms with Gasteiger partial charge < -0.3 is 5.73 Å². The van der Waals surface area contributed by atoms with Crippen LogP contribution >= 0.6 is 16.3 Å². The first kappa shape index (κ1) is 13.0. The van der Waals surface area contributed by atoms with Crippen LogP contribution in [-0.2, 0) is 13.8 Å². The maximum Gasteiger partial charge on any atom is 0.713 e. The van der Waals surface area contributed by atoms with Gasteiger partial charge in [0.05, 0.1) is 0 Å². The van der Waals surface area contributed by atoms with E-state index >= 15 is 0 Å². The average molecular weight is 231 g/mol. The third kappa shape index (κ3) is 7.06. The van der Waals surface area contributed by atoms with E-state index in [0.717, 1.165) is 0 Å². The van der Waals surface area contributed by atoms with Crippen molar-refractivity contribution < 1.29 is 23.5 Å². The molecule has 0 aliphatic rings. The highest BCUT2D eigenvalue weighted by molar-refractivity contribution is 7.37. The molecule has 13 heavy (non-hydrogen) atoms. The topological polar surface area (TPSA) is 125 Å². The summed E-state index contributed by atoms with van der Waals surface area (Å²) in [5.41, 5.74) is 7.34. The van der Waals surface area contributed by atoms with E-state index in [2.05, 4.69) is 4.62 Å². The second-order valence-electron chi connectivity index (χ2n) is 2.14. The summed E-state index contributed by atoms with van der Waals surface area (Å²) >= 11 is 0. The highest BCUT2D eigenvalue weighted by atomic mass is 31.1. The van der Waals surface area contributed by atoms with Crippen LogP contribution in [0.2, 0.25) is 0 Å². The predicted octanol–water partition coefficient (Wildman–Crippen LogP) is -0.976. The fourth-order valence-corrected chi connectivity index (χ4v) is 1.22. The minimum atomic E-state index is -2.78. The smallest absolute Gasteiger partial charge is 0.301 e. The first-order valence-electron chi connectivity index (χ1n) is 3.11. The van der Waals surface area contributed by atoms with Gasteiger partial charge in [-0.2, -0.15) is 4.89 Å². The maximum absolute atomic E-state index is 10.3. The van der Waals surface area contributed by atoms with Gasteiger partial charge in [0.15, 0.2) is 0 Å². The molecule has 0 radical (unpaired) electrons. The molecule has 0 bridgehead atoms. The molecule has 0 heterocycles. The zero-order valence-electron chi connectivity index (χ0n) is 6.82. The Labute approximate surface area is 76.4 Å². The van der Waals surface area contributed by atoms with Gasteiger partial charge in [-0.05, 0) is 16.2 Å². The molecule has 0 spiro atoms. The van der Waals surface area contributed by atoms with Crippen LogP contribution in [0.25, 0.3) is 0 Å². The van der Waals surface area contributed by atoms with Crippen molar-refractivity contribution in [3.05, 3.63) is 0 Å². The Bertz CT molecular complexity index is 201. The molecule has 10 heteroatoms. The van der Waals surface area contributed by atoms with Crippen LogP contribution in [0.4, 0.5) is 0 Å². The van der Waals surface area contributed by atoms with Crippen molar-refractivity contribution in [1.29, 1.82) is 0 Å². The first-order valence-corrected chi connectivity index (χ1v) is 5.64. The van der Waals surface area contributed by atoms with Gasteiger partial charge in [0.25, 0.3) is 0 Å². The zero-order chi connectivity index (χ0) is 10.4. The Hall–Kier alpha value is -0.0400. The predicted molar refractivity (Wildman–Crippen MR) is 44.5 cm³/mol. The van der Waals surface area contributed by atoms with Gasteiger partial charge in [-0.1, -0.05) is 0 Å². The minimum absolute atomic E-state index is 0.158. The first-order chi connectivity index (χ1) is 5.93. The summed E-state index contributed by atoms with van der Waals surface area (Å²) in [6, 6.07) is 0. The summed E-state index contributed by atoms with van der Waals surface area (Å²) in [5.74, 6) is 0. The van der Waals surface area contributed by atoms with Crippen molar-refractivity contribution in [3.63, 3.8) is 0 Å². The van der Waals surface area contributed by atoms with Crippen LogP contribution in [0.3, 0.4) is 0 Å². The standard InChI is InChI=1S/C3H9N3O5P2/c1-6(2-12(7)8)3(4)5-11-13(9)10/h3,5H,2,4H2,1H3/p+2. The molecular weight excluding hydrogens is 220 g/mol. The van der Waals surface area contributed by atoms with Gasteiger partial charge in [-0.15, -0.1) is 10.4 Å². The van der Waals surface area contributed by atoms with E-state index < -0.39 is 22.6 Å². The summed E-state index contributed by atoms with van der Waals surface area (Å²) in [4.78, 5) is 17.9. The Morgan fingerprint density at radius 2 is 2.15 bits per heavy atom. The summed E-state index contributed by atoms with van der Waals surface area (Å²) in [6.45, 7) is 0. The highest BCUT2D eigenvalue weighted by Crippen LogP contribution is 2.15. The Morgan fingerprint density at radius 1 is 1.62 bits per heavy atom. The van der Waals surface area contributed by atoms with E-state index in [1.165, 1.54) is 11.9 Å². The molecule has 0 aliphatic carbocycles. The lowest BCUT2D eigenvalue weighted by Gasteiger charge is -2.16. The summed E-state index contributed by atoms with van der Waals surface area (Å²) in [5, 5.41) is 0. The fourth-order valence-electron chi connectivity index (χ4n) is 0.468. The van der Waals surface area contributed by atoms with Gasteiger partial charge in [0.2, 0.25) is 6.29 Å². The van der Waals surface area contributed by atoms with Crippen LogP contribution in [0.5, 0.6) is 0 Å². The average Bonchev–Trinajstić information content (AvgIpc) is 1.98. The van der Waals surface area contributed by atoms with Crippen LogP contribution in [-0.4, -0.2) is 34.3 Å². The third-order valence-electron chi connectivity index (χ3n) is 1.07. The number of nitrogens with two attached hydrogens (primary N) is 1. The summed E-state index contributed by atoms with van der Waals surface area (Å²) in [7, 11) is -3.66. The number of hydrogen-bond donors (Lipinski definition) is 4. The van der Waals surface area contributed by atoms with Gasteiger partial charge in [0, 0.05) is 4.57 Å². The molecule has 0 rings (SSSR count). The van der Waals surface area contributed by atoms with Crippen molar-refractivity contribution in [2.45, 2.75) is 6.29 Å². The van der Waals surface area contributed by atoms with Crippen molar-refractivity contribution in [1.82, 2.24) is 10.4 Å². The number of rotatable bonds is 6. The normalized spacial score (nSPS) is 15.8. The molecule has 3 atom stereocenters. The number of hydrogen-bond acceptors (Lipinski definition) is 6. The Balaban J connectivity index is 3.75. The van der Waals surface area contributed by atoms with Crippen LogP contribution in [0.15, 0.2) is 0 Å². The van der Waals surface area contributed by atoms with Crippen LogP contribution in [0, 0.1) is 0 Å².